The van der Waals surface area contributed by atoms with Crippen LogP contribution < -0.4 is 5.73 Å². The van der Waals surface area contributed by atoms with Crippen LogP contribution in [0.25, 0.3) is 0 Å². The van der Waals surface area contributed by atoms with E-state index in [1.54, 1.807) is 0 Å². The van der Waals surface area contributed by atoms with Crippen LogP contribution in [-0.4, -0.2) is 65.2 Å². The standard InChI is InChI=1S/C19H28ClN3O2/c20-15-3-1-14(2-4-15)13-18(21)19(25)23-9-5-16(6-10-23)22-11-7-17(24)8-12-22/h1-4,16-18,24H,5-13,21H2/t18-/m1/s1. The zero-order valence-corrected chi connectivity index (χ0v) is 15.4. The highest BCUT2D eigenvalue weighted by molar-refractivity contribution is 6.30. The molecule has 1 aromatic carbocycles. The normalized spacial score (nSPS) is 22.1. The maximum atomic E-state index is 12.6. The van der Waals surface area contributed by atoms with Gasteiger partial charge in [-0.2, -0.15) is 0 Å². The maximum Gasteiger partial charge on any atom is 0.239 e. The van der Waals surface area contributed by atoms with Gasteiger partial charge in [0.15, 0.2) is 0 Å². The van der Waals surface area contributed by atoms with Crippen molar-refractivity contribution in [2.24, 2.45) is 5.73 Å². The van der Waals surface area contributed by atoms with E-state index in [0.29, 0.717) is 17.5 Å². The molecule has 138 valence electrons. The van der Waals surface area contributed by atoms with Crippen molar-refractivity contribution in [2.75, 3.05) is 26.2 Å². The van der Waals surface area contributed by atoms with Crippen LogP contribution in [-0.2, 0) is 11.2 Å². The summed E-state index contributed by atoms with van der Waals surface area (Å²) in [6.07, 6.45) is 4.13. The van der Waals surface area contributed by atoms with Gasteiger partial charge in [-0.05, 0) is 49.8 Å². The van der Waals surface area contributed by atoms with E-state index < -0.39 is 6.04 Å². The Morgan fingerprint density at radius 2 is 1.72 bits per heavy atom. The van der Waals surface area contributed by atoms with Gasteiger partial charge >= 0.3 is 0 Å². The molecule has 0 saturated carbocycles. The number of piperidine rings is 2. The summed E-state index contributed by atoms with van der Waals surface area (Å²) in [5, 5.41) is 10.3. The van der Waals surface area contributed by atoms with Crippen LogP contribution in [0.5, 0.6) is 0 Å². The first kappa shape index (κ1) is 18.6. The van der Waals surface area contributed by atoms with Gasteiger partial charge in [0.25, 0.3) is 0 Å². The number of amides is 1. The monoisotopic (exact) mass is 365 g/mol. The van der Waals surface area contributed by atoms with Gasteiger partial charge in [-0.25, -0.2) is 0 Å². The van der Waals surface area contributed by atoms with Gasteiger partial charge < -0.3 is 20.6 Å². The average molecular weight is 366 g/mol. The van der Waals surface area contributed by atoms with Gasteiger partial charge in [0.1, 0.15) is 0 Å². The lowest BCUT2D eigenvalue weighted by atomic mass is 9.98. The van der Waals surface area contributed by atoms with Crippen LogP contribution in [0.1, 0.15) is 31.2 Å². The Hall–Kier alpha value is -1.14. The Morgan fingerprint density at radius 1 is 1.12 bits per heavy atom. The first-order valence-corrected chi connectivity index (χ1v) is 9.61. The number of nitrogens with two attached hydrogens (primary N) is 1. The molecular weight excluding hydrogens is 338 g/mol. The van der Waals surface area contributed by atoms with Gasteiger partial charge in [0, 0.05) is 37.2 Å². The van der Waals surface area contributed by atoms with Crippen LogP contribution in [0.4, 0.5) is 0 Å². The number of carbonyl (C=O) groups excluding carboxylic acids is 1. The molecule has 0 aliphatic carbocycles. The van der Waals surface area contributed by atoms with E-state index in [1.165, 1.54) is 0 Å². The van der Waals surface area contributed by atoms with E-state index in [4.69, 9.17) is 17.3 Å². The van der Waals surface area contributed by atoms with E-state index in [1.807, 2.05) is 29.2 Å². The third-order valence-electron chi connectivity index (χ3n) is 5.48. The number of aliphatic hydroxyl groups is 1. The van der Waals surface area contributed by atoms with Crippen LogP contribution >= 0.6 is 11.6 Å². The Kier molecular flexibility index (Phi) is 6.34. The summed E-state index contributed by atoms with van der Waals surface area (Å²) in [4.78, 5) is 17.0. The smallest absolute Gasteiger partial charge is 0.239 e. The molecule has 0 spiro atoms. The van der Waals surface area contributed by atoms with Crippen molar-refractivity contribution >= 4 is 17.5 Å². The summed E-state index contributed by atoms with van der Waals surface area (Å²) in [7, 11) is 0. The molecule has 2 saturated heterocycles. The first-order chi connectivity index (χ1) is 12.0. The van der Waals surface area contributed by atoms with E-state index in [-0.39, 0.29) is 12.0 Å². The quantitative estimate of drug-likeness (QED) is 0.851. The molecule has 25 heavy (non-hydrogen) atoms. The maximum absolute atomic E-state index is 12.6. The largest absolute Gasteiger partial charge is 0.393 e. The molecule has 1 atom stereocenters. The number of aliphatic hydroxyl groups excluding tert-OH is 1. The number of rotatable bonds is 4. The number of hydrogen-bond acceptors (Lipinski definition) is 4. The van der Waals surface area contributed by atoms with Gasteiger partial charge in [0.05, 0.1) is 12.1 Å². The third kappa shape index (κ3) is 4.94. The molecule has 0 aromatic heterocycles. The second-order valence-electron chi connectivity index (χ2n) is 7.26. The summed E-state index contributed by atoms with van der Waals surface area (Å²) in [6, 6.07) is 7.54. The molecule has 6 heteroatoms. The Balaban J connectivity index is 1.46. The predicted molar refractivity (Wildman–Crippen MR) is 99.5 cm³/mol. The number of carbonyl (C=O) groups is 1. The molecule has 3 N–H and O–H groups in total. The SMILES string of the molecule is N[C@H](Cc1ccc(Cl)cc1)C(=O)N1CCC(N2CCC(O)CC2)CC1. The highest BCUT2D eigenvalue weighted by Crippen LogP contribution is 2.21. The fourth-order valence-corrected chi connectivity index (χ4v) is 4.02. The Labute approximate surface area is 154 Å². The molecule has 3 rings (SSSR count). The molecule has 2 fully saturated rings. The molecule has 1 amide bonds. The fraction of sp³-hybridized carbons (Fsp3) is 0.632. The summed E-state index contributed by atoms with van der Waals surface area (Å²) >= 11 is 5.89. The number of likely N-dealkylation sites (tertiary alicyclic amines) is 2. The lowest BCUT2D eigenvalue weighted by Gasteiger charge is -2.41. The highest BCUT2D eigenvalue weighted by atomic mass is 35.5. The molecule has 0 unspecified atom stereocenters. The van der Waals surface area contributed by atoms with Crippen molar-refractivity contribution in [1.82, 2.24) is 9.80 Å². The van der Waals surface area contributed by atoms with Gasteiger partial charge in [0.2, 0.25) is 5.91 Å². The van der Waals surface area contributed by atoms with Crippen LogP contribution in [0, 0.1) is 0 Å². The van der Waals surface area contributed by atoms with Crippen molar-refractivity contribution in [3.8, 4) is 0 Å². The van der Waals surface area contributed by atoms with Crippen molar-refractivity contribution < 1.29 is 9.90 Å². The Bertz CT molecular complexity index is 565. The van der Waals surface area contributed by atoms with E-state index in [9.17, 15) is 9.90 Å². The van der Waals surface area contributed by atoms with Crippen molar-refractivity contribution in [3.63, 3.8) is 0 Å². The van der Waals surface area contributed by atoms with Crippen LogP contribution in [0.15, 0.2) is 24.3 Å². The van der Waals surface area contributed by atoms with E-state index >= 15 is 0 Å². The zero-order chi connectivity index (χ0) is 17.8. The van der Waals surface area contributed by atoms with E-state index in [0.717, 1.165) is 57.4 Å². The van der Waals surface area contributed by atoms with Gasteiger partial charge in [-0.3, -0.25) is 4.79 Å². The first-order valence-electron chi connectivity index (χ1n) is 9.24. The highest BCUT2D eigenvalue weighted by Gasteiger charge is 2.30. The minimum Gasteiger partial charge on any atom is -0.393 e. The fourth-order valence-electron chi connectivity index (χ4n) is 3.90. The van der Waals surface area contributed by atoms with Crippen molar-refractivity contribution in [1.29, 1.82) is 0 Å². The molecule has 0 radical (unpaired) electrons. The van der Waals surface area contributed by atoms with Crippen molar-refractivity contribution in [2.45, 2.75) is 50.3 Å². The summed E-state index contributed by atoms with van der Waals surface area (Å²) in [5.41, 5.74) is 7.18. The topological polar surface area (TPSA) is 69.8 Å². The summed E-state index contributed by atoms with van der Waals surface area (Å²) in [6.45, 7) is 3.49. The zero-order valence-electron chi connectivity index (χ0n) is 14.6. The average Bonchev–Trinajstić information content (AvgIpc) is 2.64. The number of hydrogen-bond donors (Lipinski definition) is 2. The third-order valence-corrected chi connectivity index (χ3v) is 5.73. The summed E-state index contributed by atoms with van der Waals surface area (Å²) < 4.78 is 0. The molecule has 2 aliphatic rings. The predicted octanol–water partition coefficient (Wildman–Crippen LogP) is 1.66. The van der Waals surface area contributed by atoms with Crippen molar-refractivity contribution in [3.05, 3.63) is 34.9 Å². The minimum absolute atomic E-state index is 0.0440. The molecular formula is C19H28ClN3O2. The molecule has 5 nitrogen and oxygen atoms in total. The second-order valence-corrected chi connectivity index (χ2v) is 7.70. The number of benzene rings is 1. The lowest BCUT2D eigenvalue weighted by molar-refractivity contribution is -0.134. The molecule has 1 aromatic rings. The molecule has 0 bridgehead atoms. The molecule has 2 heterocycles. The molecule has 2 aliphatic heterocycles. The second kappa shape index (κ2) is 8.49. The lowest BCUT2D eigenvalue weighted by Crippen LogP contribution is -2.52. The summed E-state index contributed by atoms with van der Waals surface area (Å²) in [5.74, 6) is 0.0440. The Morgan fingerprint density at radius 3 is 2.32 bits per heavy atom. The minimum atomic E-state index is -0.497. The number of halogens is 1. The van der Waals surface area contributed by atoms with Crippen LogP contribution in [0.2, 0.25) is 5.02 Å². The van der Waals surface area contributed by atoms with Gasteiger partial charge in [-0.15, -0.1) is 0 Å². The van der Waals surface area contributed by atoms with E-state index in [2.05, 4.69) is 4.90 Å². The number of nitrogens with zero attached hydrogens (tertiary/aromatic N) is 2. The van der Waals surface area contributed by atoms with Gasteiger partial charge in [-0.1, -0.05) is 23.7 Å². The van der Waals surface area contributed by atoms with Crippen LogP contribution in [0.3, 0.4) is 0 Å².